The molecule has 0 amide bonds. The van der Waals surface area contributed by atoms with Gasteiger partial charge in [0, 0.05) is 29.6 Å². The molecular formula is C27H30FN3O3. The second-order valence-corrected chi connectivity index (χ2v) is 9.17. The predicted molar refractivity (Wildman–Crippen MR) is 130 cm³/mol. The molecule has 2 aliphatic heterocycles. The van der Waals surface area contributed by atoms with E-state index >= 15 is 0 Å². The van der Waals surface area contributed by atoms with Crippen LogP contribution >= 0.6 is 0 Å². The summed E-state index contributed by atoms with van der Waals surface area (Å²) in [7, 11) is 1.41. The number of carbonyl (C=O) groups is 1. The Balaban J connectivity index is 1.64. The van der Waals surface area contributed by atoms with Gasteiger partial charge in [0.1, 0.15) is 12.0 Å². The van der Waals surface area contributed by atoms with Crippen molar-refractivity contribution in [3.05, 3.63) is 71.7 Å². The zero-order chi connectivity index (χ0) is 23.9. The van der Waals surface area contributed by atoms with Gasteiger partial charge in [0.25, 0.3) is 0 Å². The molecule has 2 aliphatic rings. The van der Waals surface area contributed by atoms with E-state index in [1.54, 1.807) is 12.1 Å². The minimum absolute atomic E-state index is 0.272. The third kappa shape index (κ3) is 3.60. The number of para-hydroxylation sites is 1. The van der Waals surface area contributed by atoms with E-state index in [4.69, 9.17) is 4.74 Å². The van der Waals surface area contributed by atoms with Crippen LogP contribution in [-0.4, -0.2) is 41.0 Å². The van der Waals surface area contributed by atoms with Crippen molar-refractivity contribution in [2.45, 2.75) is 38.8 Å². The fourth-order valence-corrected chi connectivity index (χ4v) is 5.77. The predicted octanol–water partition coefficient (Wildman–Crippen LogP) is 5.39. The van der Waals surface area contributed by atoms with Crippen molar-refractivity contribution in [3.8, 4) is 0 Å². The Bertz CT molecular complexity index is 1250. The van der Waals surface area contributed by atoms with E-state index in [1.807, 2.05) is 12.1 Å². The first-order valence-electron chi connectivity index (χ1n) is 11.9. The average molecular weight is 464 g/mol. The van der Waals surface area contributed by atoms with Crippen LogP contribution in [0.4, 0.5) is 10.1 Å². The van der Waals surface area contributed by atoms with E-state index in [1.165, 1.54) is 24.3 Å². The Morgan fingerprint density at radius 3 is 2.74 bits per heavy atom. The lowest BCUT2D eigenvalue weighted by Crippen LogP contribution is -2.49. The standard InChI is InChI=1S/C27H30FN3O3/c1-3-27-14-6-16-30(33)26(27)31-23-8-5-4-7-20(23)21(24(31)22(17-27)25(32)34-2)13-15-29-19-11-9-18(28)10-12-19/h4-5,7-12,17,26,29,33H,3,6,13-16H2,1-2H3/t26-,27+/m1/s1. The first-order valence-corrected chi connectivity index (χ1v) is 11.9. The lowest BCUT2D eigenvalue weighted by molar-refractivity contribution is -0.203. The van der Waals surface area contributed by atoms with Gasteiger partial charge >= 0.3 is 5.97 Å². The van der Waals surface area contributed by atoms with Crippen molar-refractivity contribution in [2.75, 3.05) is 25.5 Å². The maximum atomic E-state index is 13.3. The minimum atomic E-state index is -0.366. The van der Waals surface area contributed by atoms with Crippen LogP contribution in [0.3, 0.4) is 0 Å². The van der Waals surface area contributed by atoms with E-state index < -0.39 is 0 Å². The number of methoxy groups -OCH3 is 1. The lowest BCUT2D eigenvalue weighted by atomic mass is 9.71. The number of halogens is 1. The number of esters is 1. The van der Waals surface area contributed by atoms with Crippen LogP contribution < -0.4 is 5.32 Å². The van der Waals surface area contributed by atoms with E-state index in [0.717, 1.165) is 47.1 Å². The van der Waals surface area contributed by atoms with Crippen molar-refractivity contribution in [1.82, 2.24) is 9.63 Å². The molecule has 2 aromatic carbocycles. The van der Waals surface area contributed by atoms with Gasteiger partial charge in [-0.05, 0) is 61.6 Å². The molecule has 3 heterocycles. The number of hydrogen-bond donors (Lipinski definition) is 2. The Morgan fingerprint density at radius 2 is 2.00 bits per heavy atom. The second-order valence-electron chi connectivity index (χ2n) is 9.17. The molecule has 1 fully saturated rings. The second kappa shape index (κ2) is 8.89. The van der Waals surface area contributed by atoms with Gasteiger partial charge < -0.3 is 19.8 Å². The van der Waals surface area contributed by atoms with Crippen LogP contribution in [0.2, 0.25) is 0 Å². The number of hydrogen-bond acceptors (Lipinski definition) is 5. The highest BCUT2D eigenvalue weighted by Crippen LogP contribution is 2.53. The SMILES string of the molecule is CC[C@]12C=C(C(=O)OC)c3c(CCNc4ccc(F)cc4)c4ccccc4n3[C@H]1N(O)CCC2. The summed E-state index contributed by atoms with van der Waals surface area (Å²) in [6.45, 7) is 3.30. The molecule has 5 rings (SSSR count). The molecule has 2 N–H and O–H groups in total. The number of piperidine rings is 1. The smallest absolute Gasteiger partial charge is 0.339 e. The monoisotopic (exact) mass is 463 g/mol. The number of hydroxylamine groups is 2. The minimum Gasteiger partial charge on any atom is -0.465 e. The number of aromatic nitrogens is 1. The topological polar surface area (TPSA) is 66.7 Å². The quantitative estimate of drug-likeness (QED) is 0.480. The molecule has 34 heavy (non-hydrogen) atoms. The largest absolute Gasteiger partial charge is 0.465 e. The van der Waals surface area contributed by atoms with Crippen LogP contribution in [0.15, 0.2) is 54.6 Å². The van der Waals surface area contributed by atoms with Gasteiger partial charge in [-0.2, -0.15) is 5.06 Å². The zero-order valence-electron chi connectivity index (χ0n) is 19.6. The van der Waals surface area contributed by atoms with Gasteiger partial charge in [0.05, 0.1) is 23.9 Å². The molecule has 7 heteroatoms. The number of nitrogens with zero attached hydrogens (tertiary/aromatic N) is 2. The fraction of sp³-hybridized carbons (Fsp3) is 0.370. The Labute approximate surface area is 198 Å². The average Bonchev–Trinajstić information content (AvgIpc) is 3.18. The molecule has 0 spiro atoms. The molecule has 0 radical (unpaired) electrons. The number of ether oxygens (including phenoxy) is 1. The fourth-order valence-electron chi connectivity index (χ4n) is 5.77. The molecular weight excluding hydrogens is 433 g/mol. The molecule has 178 valence electrons. The summed E-state index contributed by atoms with van der Waals surface area (Å²) in [4.78, 5) is 13.1. The highest BCUT2D eigenvalue weighted by molar-refractivity contribution is 6.18. The van der Waals surface area contributed by atoms with Crippen LogP contribution in [-0.2, 0) is 16.0 Å². The number of benzene rings is 2. The first-order chi connectivity index (χ1) is 16.5. The van der Waals surface area contributed by atoms with Crippen molar-refractivity contribution in [3.63, 3.8) is 0 Å². The third-order valence-electron chi connectivity index (χ3n) is 7.38. The number of carbonyl (C=O) groups excluding carboxylic acids is 1. The first kappa shape index (κ1) is 22.6. The van der Waals surface area contributed by atoms with Gasteiger partial charge in [-0.15, -0.1) is 0 Å². The van der Waals surface area contributed by atoms with Crippen molar-refractivity contribution in [2.24, 2.45) is 5.41 Å². The highest BCUT2D eigenvalue weighted by atomic mass is 19.1. The number of rotatable bonds is 6. The van der Waals surface area contributed by atoms with Crippen LogP contribution in [0.5, 0.6) is 0 Å². The lowest BCUT2D eigenvalue weighted by Gasteiger charge is -2.49. The molecule has 1 saturated heterocycles. The maximum absolute atomic E-state index is 13.3. The Kier molecular flexibility index (Phi) is 5.91. The number of fused-ring (bicyclic) bond motifs is 5. The summed E-state index contributed by atoms with van der Waals surface area (Å²) < 4.78 is 20.7. The molecule has 0 saturated carbocycles. The van der Waals surface area contributed by atoms with Gasteiger partial charge in [-0.25, -0.2) is 9.18 Å². The van der Waals surface area contributed by atoms with E-state index in [2.05, 4.69) is 35.0 Å². The van der Waals surface area contributed by atoms with Gasteiger partial charge in [0.2, 0.25) is 0 Å². The number of nitrogens with one attached hydrogen (secondary N) is 1. The summed E-state index contributed by atoms with van der Waals surface area (Å²) >= 11 is 0. The molecule has 6 nitrogen and oxygen atoms in total. The summed E-state index contributed by atoms with van der Waals surface area (Å²) in [6.07, 6.45) is 4.94. The van der Waals surface area contributed by atoms with E-state index in [-0.39, 0.29) is 23.4 Å². The normalized spacial score (nSPS) is 22.1. The van der Waals surface area contributed by atoms with Crippen molar-refractivity contribution in [1.29, 1.82) is 0 Å². The van der Waals surface area contributed by atoms with Crippen LogP contribution in [0, 0.1) is 11.2 Å². The molecule has 0 aliphatic carbocycles. The molecule has 0 unspecified atom stereocenters. The summed E-state index contributed by atoms with van der Waals surface area (Å²) in [5.74, 6) is -0.635. The Morgan fingerprint density at radius 1 is 1.24 bits per heavy atom. The van der Waals surface area contributed by atoms with E-state index in [0.29, 0.717) is 25.1 Å². The highest BCUT2D eigenvalue weighted by Gasteiger charge is 2.49. The zero-order valence-corrected chi connectivity index (χ0v) is 19.6. The summed E-state index contributed by atoms with van der Waals surface area (Å²) in [5.41, 5.74) is 3.86. The van der Waals surface area contributed by atoms with Crippen LogP contribution in [0.25, 0.3) is 16.5 Å². The summed E-state index contributed by atoms with van der Waals surface area (Å²) in [6, 6.07) is 14.4. The molecule has 0 bridgehead atoms. The third-order valence-corrected chi connectivity index (χ3v) is 7.38. The summed E-state index contributed by atoms with van der Waals surface area (Å²) in [5, 5.41) is 16.9. The van der Waals surface area contributed by atoms with Gasteiger partial charge in [0.15, 0.2) is 0 Å². The maximum Gasteiger partial charge on any atom is 0.339 e. The molecule has 3 aromatic rings. The van der Waals surface area contributed by atoms with Crippen LogP contribution in [0.1, 0.15) is 43.6 Å². The molecule has 1 aromatic heterocycles. The number of anilines is 1. The van der Waals surface area contributed by atoms with Gasteiger partial charge in [-0.3, -0.25) is 0 Å². The molecule has 2 atom stereocenters. The Hall–Kier alpha value is -3.16. The van der Waals surface area contributed by atoms with Crippen molar-refractivity contribution < 1.29 is 19.1 Å². The van der Waals surface area contributed by atoms with E-state index in [9.17, 15) is 14.4 Å². The van der Waals surface area contributed by atoms with Crippen molar-refractivity contribution >= 4 is 28.1 Å². The van der Waals surface area contributed by atoms with Gasteiger partial charge in [-0.1, -0.05) is 31.2 Å².